The molecule has 7 heteroatoms. The Morgan fingerprint density at radius 1 is 1.32 bits per heavy atom. The third kappa shape index (κ3) is 2.42. The van der Waals surface area contributed by atoms with Crippen LogP contribution in [0.25, 0.3) is 15.9 Å². The fourth-order valence-corrected chi connectivity index (χ4v) is 4.10. The van der Waals surface area contributed by atoms with E-state index in [9.17, 15) is 4.21 Å². The molecule has 0 aliphatic heterocycles. The number of hydrogen-bond acceptors (Lipinski definition) is 5. The van der Waals surface area contributed by atoms with Gasteiger partial charge in [-0.15, -0.1) is 11.3 Å². The van der Waals surface area contributed by atoms with Gasteiger partial charge in [-0.2, -0.15) is 0 Å². The second kappa shape index (κ2) is 5.26. The average Bonchev–Trinajstić information content (AvgIpc) is 3.09. The SMILES string of the molecule is CS(=O)c1nc2ccc(Cc3cn4ccncc4n3)cc2s1. The van der Waals surface area contributed by atoms with E-state index in [-0.39, 0.29) is 0 Å². The second-order valence-electron chi connectivity index (χ2n) is 4.99. The Bertz CT molecular complexity index is 972. The minimum Gasteiger partial charge on any atom is -0.304 e. The Labute approximate surface area is 133 Å². The zero-order valence-electron chi connectivity index (χ0n) is 11.8. The van der Waals surface area contributed by atoms with Gasteiger partial charge in [0.1, 0.15) is 0 Å². The Morgan fingerprint density at radius 3 is 3.05 bits per heavy atom. The van der Waals surface area contributed by atoms with Crippen LogP contribution in [0.3, 0.4) is 0 Å². The van der Waals surface area contributed by atoms with Gasteiger partial charge in [-0.05, 0) is 17.7 Å². The Balaban J connectivity index is 1.69. The molecule has 0 radical (unpaired) electrons. The maximum Gasteiger partial charge on any atom is 0.181 e. The molecule has 0 N–H and O–H groups in total. The molecule has 1 aromatic carbocycles. The largest absolute Gasteiger partial charge is 0.304 e. The first-order chi connectivity index (χ1) is 10.7. The number of hydrogen-bond donors (Lipinski definition) is 0. The minimum absolute atomic E-state index is 0.672. The van der Waals surface area contributed by atoms with Crippen molar-refractivity contribution >= 4 is 38.0 Å². The molecule has 0 bridgehead atoms. The molecular formula is C15H12N4OS2. The smallest absolute Gasteiger partial charge is 0.181 e. The Kier molecular flexibility index (Phi) is 3.24. The highest BCUT2D eigenvalue weighted by Gasteiger charge is 2.09. The molecule has 4 rings (SSSR count). The predicted octanol–water partition coefficient (Wildman–Crippen LogP) is 2.67. The van der Waals surface area contributed by atoms with Gasteiger partial charge in [0.15, 0.2) is 9.99 Å². The van der Waals surface area contributed by atoms with Crippen LogP contribution in [-0.2, 0) is 17.2 Å². The number of fused-ring (bicyclic) bond motifs is 2. The van der Waals surface area contributed by atoms with Crippen molar-refractivity contribution in [2.45, 2.75) is 10.8 Å². The maximum absolute atomic E-state index is 11.5. The lowest BCUT2D eigenvalue weighted by atomic mass is 10.1. The topological polar surface area (TPSA) is 60.2 Å². The zero-order valence-corrected chi connectivity index (χ0v) is 13.4. The summed E-state index contributed by atoms with van der Waals surface area (Å²) < 4.78 is 15.2. The van der Waals surface area contributed by atoms with Crippen LogP contribution in [0.4, 0.5) is 0 Å². The molecule has 0 fully saturated rings. The van der Waals surface area contributed by atoms with Crippen LogP contribution in [0.2, 0.25) is 0 Å². The zero-order chi connectivity index (χ0) is 15.1. The highest BCUT2D eigenvalue weighted by Crippen LogP contribution is 2.25. The van der Waals surface area contributed by atoms with E-state index in [1.807, 2.05) is 28.9 Å². The third-order valence-corrected chi connectivity index (χ3v) is 5.73. The lowest BCUT2D eigenvalue weighted by molar-refractivity contribution is 0.686. The molecule has 3 aromatic heterocycles. The van der Waals surface area contributed by atoms with Crippen LogP contribution in [0.5, 0.6) is 0 Å². The van der Waals surface area contributed by atoms with E-state index in [4.69, 9.17) is 0 Å². The molecule has 1 atom stereocenters. The Hall–Kier alpha value is -2.12. The minimum atomic E-state index is -1.03. The number of nitrogens with zero attached hydrogens (tertiary/aromatic N) is 4. The summed E-state index contributed by atoms with van der Waals surface area (Å²) >= 11 is 1.49. The molecule has 1 unspecified atom stereocenters. The van der Waals surface area contributed by atoms with Crippen LogP contribution in [-0.4, -0.2) is 29.8 Å². The van der Waals surface area contributed by atoms with E-state index < -0.39 is 10.8 Å². The summed E-state index contributed by atoms with van der Waals surface area (Å²) in [6, 6.07) is 6.13. The predicted molar refractivity (Wildman–Crippen MR) is 87.7 cm³/mol. The van der Waals surface area contributed by atoms with Crippen LogP contribution in [0, 0.1) is 0 Å². The molecule has 4 aromatic rings. The first kappa shape index (κ1) is 13.5. The van der Waals surface area contributed by atoms with Crippen LogP contribution in [0.15, 0.2) is 47.3 Å². The summed E-state index contributed by atoms with van der Waals surface area (Å²) in [4.78, 5) is 13.0. The van der Waals surface area contributed by atoms with Crippen molar-refractivity contribution in [1.82, 2.24) is 19.4 Å². The lowest BCUT2D eigenvalue weighted by Gasteiger charge is -1.97. The van der Waals surface area contributed by atoms with Gasteiger partial charge in [0.25, 0.3) is 0 Å². The van der Waals surface area contributed by atoms with Gasteiger partial charge in [-0.1, -0.05) is 6.07 Å². The van der Waals surface area contributed by atoms with Gasteiger partial charge in [-0.25, -0.2) is 9.97 Å². The Morgan fingerprint density at radius 2 is 2.23 bits per heavy atom. The molecule has 0 aliphatic rings. The summed E-state index contributed by atoms with van der Waals surface area (Å²) in [6.07, 6.45) is 9.80. The van der Waals surface area contributed by atoms with Crippen molar-refractivity contribution in [3.63, 3.8) is 0 Å². The van der Waals surface area contributed by atoms with Crippen LogP contribution in [0.1, 0.15) is 11.3 Å². The molecule has 5 nitrogen and oxygen atoms in total. The molecule has 3 heterocycles. The number of rotatable bonds is 3. The highest BCUT2D eigenvalue weighted by atomic mass is 32.2. The maximum atomic E-state index is 11.5. The summed E-state index contributed by atoms with van der Waals surface area (Å²) in [5.41, 5.74) is 3.91. The van der Waals surface area contributed by atoms with E-state index in [1.165, 1.54) is 16.9 Å². The molecule has 22 heavy (non-hydrogen) atoms. The van der Waals surface area contributed by atoms with Gasteiger partial charge in [0.05, 0.1) is 32.9 Å². The number of benzene rings is 1. The fraction of sp³-hybridized carbons (Fsp3) is 0.133. The number of imidazole rings is 1. The molecule has 0 amide bonds. The van der Waals surface area contributed by atoms with E-state index in [0.717, 1.165) is 28.0 Å². The van der Waals surface area contributed by atoms with Gasteiger partial charge >= 0.3 is 0 Å². The molecular weight excluding hydrogens is 316 g/mol. The van der Waals surface area contributed by atoms with E-state index >= 15 is 0 Å². The quantitative estimate of drug-likeness (QED) is 0.580. The first-order valence-electron chi connectivity index (χ1n) is 6.69. The monoisotopic (exact) mass is 328 g/mol. The average molecular weight is 328 g/mol. The molecule has 0 spiro atoms. The third-order valence-electron chi connectivity index (χ3n) is 3.38. The van der Waals surface area contributed by atoms with E-state index in [0.29, 0.717) is 4.34 Å². The molecule has 0 aliphatic carbocycles. The summed E-state index contributed by atoms with van der Waals surface area (Å²) in [6.45, 7) is 0. The van der Waals surface area contributed by atoms with Gasteiger partial charge in [-0.3, -0.25) is 9.19 Å². The summed E-state index contributed by atoms with van der Waals surface area (Å²) in [7, 11) is -1.03. The highest BCUT2D eigenvalue weighted by molar-refractivity contribution is 7.86. The van der Waals surface area contributed by atoms with Gasteiger partial charge in [0, 0.05) is 31.3 Å². The van der Waals surface area contributed by atoms with Crippen molar-refractivity contribution in [3.05, 3.63) is 54.2 Å². The van der Waals surface area contributed by atoms with Crippen molar-refractivity contribution < 1.29 is 4.21 Å². The van der Waals surface area contributed by atoms with Crippen LogP contribution < -0.4 is 0 Å². The molecule has 110 valence electrons. The summed E-state index contributed by atoms with van der Waals surface area (Å²) in [5.74, 6) is 0. The first-order valence-corrected chi connectivity index (χ1v) is 9.07. The van der Waals surface area contributed by atoms with E-state index in [1.54, 1.807) is 18.6 Å². The van der Waals surface area contributed by atoms with E-state index in [2.05, 4.69) is 21.0 Å². The van der Waals surface area contributed by atoms with Crippen molar-refractivity contribution in [3.8, 4) is 0 Å². The second-order valence-corrected chi connectivity index (χ2v) is 7.57. The van der Waals surface area contributed by atoms with Crippen molar-refractivity contribution in [1.29, 1.82) is 0 Å². The molecule has 0 saturated heterocycles. The molecule has 0 saturated carbocycles. The van der Waals surface area contributed by atoms with Gasteiger partial charge in [0.2, 0.25) is 0 Å². The van der Waals surface area contributed by atoms with Crippen molar-refractivity contribution in [2.24, 2.45) is 0 Å². The standard InChI is InChI=1S/C15H12N4OS2/c1-22(20)15-18-12-3-2-10(7-13(12)21-15)6-11-9-19-5-4-16-8-14(19)17-11/h2-5,7-9H,6H2,1H3. The van der Waals surface area contributed by atoms with Crippen molar-refractivity contribution in [2.75, 3.05) is 6.26 Å². The normalized spacial score (nSPS) is 13.0. The van der Waals surface area contributed by atoms with Crippen LogP contribution >= 0.6 is 11.3 Å². The number of aromatic nitrogens is 4. The van der Waals surface area contributed by atoms with Gasteiger partial charge < -0.3 is 4.40 Å². The lowest BCUT2D eigenvalue weighted by Crippen LogP contribution is -1.87. The number of thiazole rings is 1. The fourth-order valence-electron chi connectivity index (χ4n) is 2.37. The summed E-state index contributed by atoms with van der Waals surface area (Å²) in [5, 5.41) is 0.